The van der Waals surface area contributed by atoms with Gasteiger partial charge in [-0.2, -0.15) is 13.2 Å². The summed E-state index contributed by atoms with van der Waals surface area (Å²) in [4.78, 5) is 1.51. The Hall–Kier alpha value is -1.10. The van der Waals surface area contributed by atoms with E-state index in [2.05, 4.69) is 0 Å². The predicted octanol–water partition coefficient (Wildman–Crippen LogP) is 6.05. The van der Waals surface area contributed by atoms with Gasteiger partial charge < -0.3 is 4.90 Å². The van der Waals surface area contributed by atoms with Gasteiger partial charge in [-0.15, -0.1) is 0 Å². The molecule has 0 aromatic heterocycles. The fourth-order valence-electron chi connectivity index (χ4n) is 2.42. The van der Waals surface area contributed by atoms with E-state index in [4.69, 9.17) is 34.8 Å². The summed E-state index contributed by atoms with van der Waals surface area (Å²) < 4.78 is 37.1. The molecule has 0 amide bonds. The zero-order chi connectivity index (χ0) is 16.1. The minimum absolute atomic E-state index is 0.310. The Kier molecular flexibility index (Phi) is 3.75. The van der Waals surface area contributed by atoms with Crippen molar-refractivity contribution >= 4 is 40.5 Å². The molecule has 1 saturated heterocycles. The van der Waals surface area contributed by atoms with E-state index in [0.29, 0.717) is 10.7 Å². The molecule has 1 unspecified atom stereocenters. The highest BCUT2D eigenvalue weighted by Gasteiger charge is 2.62. The SMILES string of the molecule is FC(F)(F)c1cccc(N2C(c3cccc(Cl)c3)C2(Cl)Cl)c1. The third-order valence-corrected chi connectivity index (χ3v) is 4.47. The van der Waals surface area contributed by atoms with Crippen molar-refractivity contribution in [3.8, 4) is 0 Å². The molecule has 0 saturated carbocycles. The van der Waals surface area contributed by atoms with Gasteiger partial charge in [0.15, 0.2) is 0 Å². The van der Waals surface area contributed by atoms with Gasteiger partial charge in [-0.05, 0) is 35.9 Å². The van der Waals surface area contributed by atoms with E-state index in [0.717, 1.165) is 17.7 Å². The lowest BCUT2D eigenvalue weighted by Crippen LogP contribution is -2.07. The first-order valence-electron chi connectivity index (χ1n) is 6.31. The van der Waals surface area contributed by atoms with Gasteiger partial charge in [0, 0.05) is 10.7 Å². The van der Waals surface area contributed by atoms with E-state index in [1.807, 2.05) is 0 Å². The molecular formula is C15H9Cl3F3N. The van der Waals surface area contributed by atoms with Gasteiger partial charge in [-0.25, -0.2) is 0 Å². The Bertz CT molecular complexity index is 715. The number of anilines is 1. The van der Waals surface area contributed by atoms with Gasteiger partial charge in [0.05, 0.1) is 5.56 Å². The van der Waals surface area contributed by atoms with Crippen LogP contribution in [-0.2, 0) is 6.18 Å². The van der Waals surface area contributed by atoms with Crippen LogP contribution in [0, 0.1) is 0 Å². The van der Waals surface area contributed by atoms with Gasteiger partial charge in [-0.3, -0.25) is 0 Å². The number of benzene rings is 2. The normalized spacial score (nSPS) is 20.1. The summed E-state index contributed by atoms with van der Waals surface area (Å²) in [5.74, 6) is 0. The van der Waals surface area contributed by atoms with Crippen LogP contribution in [0.1, 0.15) is 17.2 Å². The van der Waals surface area contributed by atoms with E-state index in [-0.39, 0.29) is 0 Å². The first-order valence-corrected chi connectivity index (χ1v) is 7.44. The van der Waals surface area contributed by atoms with Crippen molar-refractivity contribution in [1.29, 1.82) is 0 Å². The second-order valence-electron chi connectivity index (χ2n) is 4.96. The fourth-order valence-corrected chi connectivity index (χ4v) is 3.36. The second kappa shape index (κ2) is 5.22. The van der Waals surface area contributed by atoms with Gasteiger partial charge in [0.2, 0.25) is 4.46 Å². The maximum absolute atomic E-state index is 12.8. The number of halogens is 6. The third kappa shape index (κ3) is 2.75. The minimum atomic E-state index is -4.42. The molecule has 0 aliphatic carbocycles. The van der Waals surface area contributed by atoms with Crippen LogP contribution in [-0.4, -0.2) is 4.46 Å². The van der Waals surface area contributed by atoms with Crippen LogP contribution in [0.3, 0.4) is 0 Å². The van der Waals surface area contributed by atoms with Crippen LogP contribution < -0.4 is 4.90 Å². The average Bonchev–Trinajstić information content (AvgIpc) is 3.01. The average molecular weight is 367 g/mol. The number of nitrogens with zero attached hydrogens (tertiary/aromatic N) is 1. The van der Waals surface area contributed by atoms with Crippen molar-refractivity contribution in [3.63, 3.8) is 0 Å². The fraction of sp³-hybridized carbons (Fsp3) is 0.200. The van der Waals surface area contributed by atoms with E-state index in [1.54, 1.807) is 30.3 Å². The minimum Gasteiger partial charge on any atom is -0.326 e. The Labute approximate surface area is 140 Å². The highest BCUT2D eigenvalue weighted by molar-refractivity contribution is 6.53. The smallest absolute Gasteiger partial charge is 0.326 e. The Morgan fingerprint density at radius 2 is 1.68 bits per heavy atom. The molecule has 1 aliphatic heterocycles. The highest BCUT2D eigenvalue weighted by Crippen LogP contribution is 2.61. The van der Waals surface area contributed by atoms with Crippen molar-refractivity contribution in [2.45, 2.75) is 16.7 Å². The van der Waals surface area contributed by atoms with Crippen molar-refractivity contribution < 1.29 is 13.2 Å². The van der Waals surface area contributed by atoms with Crippen molar-refractivity contribution in [1.82, 2.24) is 0 Å². The van der Waals surface area contributed by atoms with Crippen LogP contribution >= 0.6 is 34.8 Å². The maximum Gasteiger partial charge on any atom is 0.416 e. The first kappa shape index (κ1) is 15.8. The van der Waals surface area contributed by atoms with E-state index < -0.39 is 22.2 Å². The molecule has 0 radical (unpaired) electrons. The molecule has 1 nitrogen and oxygen atoms in total. The molecule has 1 atom stereocenters. The van der Waals surface area contributed by atoms with Gasteiger partial charge >= 0.3 is 6.18 Å². The molecule has 2 aromatic rings. The Morgan fingerprint density at radius 3 is 2.32 bits per heavy atom. The van der Waals surface area contributed by atoms with Gasteiger partial charge in [0.1, 0.15) is 6.04 Å². The highest BCUT2D eigenvalue weighted by atomic mass is 35.5. The molecule has 22 heavy (non-hydrogen) atoms. The van der Waals surface area contributed by atoms with Gasteiger partial charge in [0.25, 0.3) is 0 Å². The number of alkyl halides is 5. The van der Waals surface area contributed by atoms with E-state index in [9.17, 15) is 13.2 Å². The van der Waals surface area contributed by atoms with Gasteiger partial charge in [-0.1, -0.05) is 53.0 Å². The lowest BCUT2D eigenvalue weighted by atomic mass is 10.1. The monoisotopic (exact) mass is 365 g/mol. The third-order valence-electron chi connectivity index (χ3n) is 3.46. The zero-order valence-corrected chi connectivity index (χ0v) is 13.2. The molecule has 7 heteroatoms. The lowest BCUT2D eigenvalue weighted by molar-refractivity contribution is -0.137. The van der Waals surface area contributed by atoms with Crippen LogP contribution in [0.15, 0.2) is 48.5 Å². The topological polar surface area (TPSA) is 3.01 Å². The molecule has 0 N–H and O–H groups in total. The van der Waals surface area contributed by atoms with Crippen molar-refractivity contribution in [2.75, 3.05) is 4.90 Å². The summed E-state index contributed by atoms with van der Waals surface area (Å²) >= 11 is 18.4. The Morgan fingerprint density at radius 1 is 1.00 bits per heavy atom. The summed E-state index contributed by atoms with van der Waals surface area (Å²) in [6, 6.07) is 11.4. The van der Waals surface area contributed by atoms with E-state index in [1.165, 1.54) is 11.0 Å². The molecular weight excluding hydrogens is 358 g/mol. The molecule has 0 bridgehead atoms. The van der Waals surface area contributed by atoms with Crippen LogP contribution in [0.4, 0.5) is 18.9 Å². The molecule has 1 fully saturated rings. The Balaban J connectivity index is 1.96. The molecule has 1 heterocycles. The largest absolute Gasteiger partial charge is 0.416 e. The van der Waals surface area contributed by atoms with Crippen LogP contribution in [0.5, 0.6) is 0 Å². The standard InChI is InChI=1S/C15H9Cl3F3N/c16-11-5-1-3-9(7-11)13-14(17,18)22(13)12-6-2-4-10(8-12)15(19,20)21/h1-8,13H. The van der Waals surface area contributed by atoms with Crippen molar-refractivity contribution in [2.24, 2.45) is 0 Å². The lowest BCUT2D eigenvalue weighted by Gasteiger charge is -2.11. The number of hydrogen-bond acceptors (Lipinski definition) is 1. The van der Waals surface area contributed by atoms with Crippen LogP contribution in [0.25, 0.3) is 0 Å². The summed E-state index contributed by atoms with van der Waals surface area (Å²) in [5.41, 5.74) is 0.311. The molecule has 116 valence electrons. The van der Waals surface area contributed by atoms with Crippen LogP contribution in [0.2, 0.25) is 5.02 Å². The first-order chi connectivity index (χ1) is 10.2. The maximum atomic E-state index is 12.8. The number of hydrogen-bond donors (Lipinski definition) is 0. The van der Waals surface area contributed by atoms with Crippen molar-refractivity contribution in [3.05, 3.63) is 64.7 Å². The molecule has 0 spiro atoms. The van der Waals surface area contributed by atoms with E-state index >= 15 is 0 Å². The molecule has 1 aliphatic rings. The summed E-state index contributed by atoms with van der Waals surface area (Å²) in [5, 5.41) is 0.512. The molecule has 3 rings (SSSR count). The summed E-state index contributed by atoms with van der Waals surface area (Å²) in [7, 11) is 0. The molecule has 2 aromatic carbocycles. The quantitative estimate of drug-likeness (QED) is 0.355. The predicted molar refractivity (Wildman–Crippen MR) is 82.6 cm³/mol. The summed E-state index contributed by atoms with van der Waals surface area (Å²) in [6.45, 7) is 0. The zero-order valence-electron chi connectivity index (χ0n) is 10.9. The summed E-state index contributed by atoms with van der Waals surface area (Å²) in [6.07, 6.45) is -4.42. The number of rotatable bonds is 2. The second-order valence-corrected chi connectivity index (χ2v) is 6.75.